The average molecular weight is 708 g/mol. The Morgan fingerprint density at radius 1 is 0.407 bits per heavy atom. The lowest BCUT2D eigenvalue weighted by molar-refractivity contribution is 0.672. The first kappa shape index (κ1) is 16.7. The van der Waals surface area contributed by atoms with Gasteiger partial charge in [0, 0.05) is 22.1 Å². The molecule has 0 bridgehead atoms. The molecule has 252 valence electrons. The van der Waals surface area contributed by atoms with E-state index in [1.807, 2.05) is 60.7 Å². The molecule has 0 radical (unpaired) electrons. The minimum Gasteiger partial charge on any atom is -0.455 e. The van der Waals surface area contributed by atoms with Gasteiger partial charge in [0.1, 0.15) is 11.2 Å². The molecule has 11 rings (SSSR count). The van der Waals surface area contributed by atoms with E-state index in [9.17, 15) is 11.0 Å². The van der Waals surface area contributed by atoms with Crippen molar-refractivity contribution in [2.45, 2.75) is 0 Å². The number of rotatable bonds is 5. The molecule has 0 saturated carbocycles. The van der Waals surface area contributed by atoms with Crippen molar-refractivity contribution in [2.75, 3.05) is 4.90 Å². The Balaban J connectivity index is 1.38. The number of hydrogen-bond acceptors (Lipinski definition) is 2. The van der Waals surface area contributed by atoms with Crippen molar-refractivity contribution >= 4 is 82.1 Å². The molecule has 54 heavy (non-hydrogen) atoms. The van der Waals surface area contributed by atoms with Crippen molar-refractivity contribution in [3.8, 4) is 22.3 Å². The summed E-state index contributed by atoms with van der Waals surface area (Å²) >= 11 is 0. The summed E-state index contributed by atoms with van der Waals surface area (Å²) in [5.74, 6) is 0. The molecule has 0 aliphatic rings. The van der Waals surface area contributed by atoms with Crippen molar-refractivity contribution in [3.05, 3.63) is 200 Å². The van der Waals surface area contributed by atoms with E-state index >= 15 is 0 Å². The molecule has 0 spiro atoms. The van der Waals surface area contributed by atoms with Crippen LogP contribution in [0.25, 0.3) is 87.3 Å². The summed E-state index contributed by atoms with van der Waals surface area (Å²) in [6.07, 6.45) is 0. The highest BCUT2D eigenvalue weighted by molar-refractivity contribution is 6.26. The fourth-order valence-electron chi connectivity index (χ4n) is 7.20. The SMILES string of the molecule is [2H]c1c([2H])c([2H])c(-c2c([2H])c([2H])c(N(c3c([2H])c([2H])c4c5c([2H])c([2H])c([2H])c([2H])c5c5c([2H])c([2H])c([2H])c([2H])c5c4c3[2H])c3cccc4oc5c6ccccc6c(-c6ccccc6)cc5c34)c([2H])c2[2H])c([2H])c1[2H]. The second-order valence-corrected chi connectivity index (χ2v) is 12.5. The van der Waals surface area contributed by atoms with Crippen LogP contribution in [0.3, 0.4) is 0 Å². The van der Waals surface area contributed by atoms with Crippen molar-refractivity contribution in [2.24, 2.45) is 0 Å². The molecule has 2 nitrogen and oxygen atoms in total. The summed E-state index contributed by atoms with van der Waals surface area (Å²) in [5, 5.41) is -0.382. The predicted molar refractivity (Wildman–Crippen MR) is 229 cm³/mol. The number of nitrogens with zero attached hydrogens (tertiary/aromatic N) is 1. The van der Waals surface area contributed by atoms with Gasteiger partial charge < -0.3 is 9.32 Å². The van der Waals surface area contributed by atoms with Gasteiger partial charge in [-0.05, 0) is 102 Å². The lowest BCUT2D eigenvalue weighted by Crippen LogP contribution is -2.10. The van der Waals surface area contributed by atoms with Gasteiger partial charge in [0.25, 0.3) is 0 Å². The van der Waals surface area contributed by atoms with Gasteiger partial charge in [0.2, 0.25) is 0 Å². The summed E-state index contributed by atoms with van der Waals surface area (Å²) in [6.45, 7) is 0. The molecule has 0 amide bonds. The van der Waals surface area contributed by atoms with E-state index < -0.39 is 170 Å². The number of hydrogen-bond donors (Lipinski definition) is 0. The first-order chi connectivity index (χ1) is 35.1. The summed E-state index contributed by atoms with van der Waals surface area (Å²) < 4.78 is 189. The standard InChI is InChI=1S/C52H33NO/c1-3-14-34(15-4-1)35-26-28-37(29-27-35)53(38-30-31-44-41-20-8-7-18-39(41)40-19-9-10-21-42(40)47(44)32-38)49-24-13-25-50-51(49)48-33-46(36-16-5-2-6-17-36)43-22-11-12-23-45(43)52(48)54-50/h1-33H/i1D,3D,4D,7D,8D,9D,10D,14D,15D,18D,19D,20D,21D,26D,27D,28D,29D,30D,31D,32D. The number of fused-ring (bicyclic) bond motifs is 11. The Morgan fingerprint density at radius 3 is 1.72 bits per heavy atom. The number of furan rings is 1. The molecular weight excluding hydrogens is 655 g/mol. The van der Waals surface area contributed by atoms with Crippen LogP contribution in [0, 0.1) is 0 Å². The van der Waals surface area contributed by atoms with Crippen LogP contribution in [-0.2, 0) is 0 Å². The van der Waals surface area contributed by atoms with Crippen LogP contribution in [0.4, 0.5) is 17.1 Å². The fourth-order valence-corrected chi connectivity index (χ4v) is 7.20. The lowest BCUT2D eigenvalue weighted by Gasteiger charge is -2.27. The van der Waals surface area contributed by atoms with Gasteiger partial charge in [0.05, 0.1) is 38.5 Å². The summed E-state index contributed by atoms with van der Waals surface area (Å²) in [5.41, 5.74) is -0.470. The van der Waals surface area contributed by atoms with Gasteiger partial charge in [-0.3, -0.25) is 0 Å². The fraction of sp³-hybridized carbons (Fsp3) is 0. The summed E-state index contributed by atoms with van der Waals surface area (Å²) in [4.78, 5) is 1.05. The topological polar surface area (TPSA) is 16.4 Å². The maximum Gasteiger partial charge on any atom is 0.143 e. The maximum absolute atomic E-state index is 10.3. The molecule has 0 saturated heterocycles. The predicted octanol–water partition coefficient (Wildman–Crippen LogP) is 15.0. The van der Waals surface area contributed by atoms with Crippen LogP contribution in [0.1, 0.15) is 27.4 Å². The van der Waals surface area contributed by atoms with Crippen molar-refractivity contribution in [3.63, 3.8) is 0 Å². The molecule has 0 N–H and O–H groups in total. The minimum absolute atomic E-state index is 0.0402. The zero-order chi connectivity index (χ0) is 53.0. The first-order valence-corrected chi connectivity index (χ1v) is 16.9. The zero-order valence-corrected chi connectivity index (χ0v) is 27.9. The van der Waals surface area contributed by atoms with Crippen LogP contribution < -0.4 is 4.90 Å². The van der Waals surface area contributed by atoms with Gasteiger partial charge in [0.15, 0.2) is 0 Å². The van der Waals surface area contributed by atoms with Gasteiger partial charge >= 0.3 is 0 Å². The second-order valence-electron chi connectivity index (χ2n) is 12.5. The van der Waals surface area contributed by atoms with Gasteiger partial charge in [-0.1, -0.05) is 157 Å². The molecule has 0 aliphatic heterocycles. The van der Waals surface area contributed by atoms with E-state index in [0.717, 1.165) is 21.4 Å². The van der Waals surface area contributed by atoms with Crippen LogP contribution in [0.5, 0.6) is 0 Å². The third kappa shape index (κ3) is 4.74. The number of benzene rings is 10. The Morgan fingerprint density at radius 2 is 1.00 bits per heavy atom. The van der Waals surface area contributed by atoms with Gasteiger partial charge in [-0.2, -0.15) is 0 Å². The first-order valence-electron chi connectivity index (χ1n) is 26.9. The van der Waals surface area contributed by atoms with Gasteiger partial charge in [-0.15, -0.1) is 0 Å². The molecule has 11 aromatic rings. The molecule has 0 unspecified atom stereocenters. The molecular formula is C52H33NO. The average Bonchev–Trinajstić information content (AvgIpc) is 3.79. The molecule has 1 aromatic heterocycles. The summed E-state index contributed by atoms with van der Waals surface area (Å²) in [6, 6.07) is 7.47. The molecule has 2 heteroatoms. The highest BCUT2D eigenvalue weighted by atomic mass is 16.3. The Bertz CT molecular complexity index is 4280. The van der Waals surface area contributed by atoms with Crippen LogP contribution in [-0.4, -0.2) is 0 Å². The van der Waals surface area contributed by atoms with Gasteiger partial charge in [-0.25, -0.2) is 0 Å². The quantitative estimate of drug-likeness (QED) is 0.166. The highest BCUT2D eigenvalue weighted by Crippen LogP contribution is 2.47. The summed E-state index contributed by atoms with van der Waals surface area (Å²) in [7, 11) is 0. The third-order valence-electron chi connectivity index (χ3n) is 9.54. The second kappa shape index (κ2) is 12.2. The smallest absolute Gasteiger partial charge is 0.143 e. The molecule has 10 aromatic carbocycles. The molecule has 1 heterocycles. The third-order valence-corrected chi connectivity index (χ3v) is 9.54. The molecule has 0 aliphatic carbocycles. The van der Waals surface area contributed by atoms with Crippen molar-refractivity contribution < 1.29 is 31.8 Å². The Kier molecular flexibility index (Phi) is 3.77. The van der Waals surface area contributed by atoms with Crippen molar-refractivity contribution in [1.82, 2.24) is 0 Å². The Labute approximate surface area is 340 Å². The van der Waals surface area contributed by atoms with E-state index in [1.165, 1.54) is 12.1 Å². The molecule has 0 fully saturated rings. The lowest BCUT2D eigenvalue weighted by atomic mass is 9.93. The van der Waals surface area contributed by atoms with Crippen molar-refractivity contribution in [1.29, 1.82) is 0 Å². The van der Waals surface area contributed by atoms with E-state index in [2.05, 4.69) is 0 Å². The largest absolute Gasteiger partial charge is 0.455 e. The highest BCUT2D eigenvalue weighted by Gasteiger charge is 2.22. The molecule has 0 atom stereocenters. The Hall–Kier alpha value is -7.16. The number of anilines is 3. The van der Waals surface area contributed by atoms with Crippen LogP contribution in [0.15, 0.2) is 204 Å². The van der Waals surface area contributed by atoms with E-state index in [1.54, 1.807) is 6.07 Å². The van der Waals surface area contributed by atoms with E-state index in [4.69, 9.17) is 20.9 Å². The maximum atomic E-state index is 10.3. The normalized spacial score (nSPS) is 16.9. The van der Waals surface area contributed by atoms with Crippen LogP contribution in [0.2, 0.25) is 0 Å². The monoisotopic (exact) mass is 707 g/mol. The van der Waals surface area contributed by atoms with E-state index in [0.29, 0.717) is 16.4 Å². The van der Waals surface area contributed by atoms with E-state index in [-0.39, 0.29) is 22.0 Å². The minimum atomic E-state index is -0.891. The van der Waals surface area contributed by atoms with Crippen LogP contribution >= 0.6 is 0 Å². The zero-order valence-electron chi connectivity index (χ0n) is 47.9.